The van der Waals surface area contributed by atoms with Crippen LogP contribution in [-0.2, 0) is 22.3 Å². The number of imide groups is 1. The Bertz CT molecular complexity index is 1220. The first-order valence-corrected chi connectivity index (χ1v) is 10.0. The fourth-order valence-electron chi connectivity index (χ4n) is 3.20. The van der Waals surface area contributed by atoms with Crippen LogP contribution < -0.4 is 4.74 Å². The van der Waals surface area contributed by atoms with Crippen LogP contribution in [-0.4, -0.2) is 31.8 Å². The molecule has 33 heavy (non-hydrogen) atoms. The predicted octanol–water partition coefficient (Wildman–Crippen LogP) is 4.88. The normalized spacial score (nSPS) is 15.9. The van der Waals surface area contributed by atoms with Crippen LogP contribution in [0.5, 0.6) is 11.6 Å². The number of hydrogen-bond donors (Lipinski definition) is 0. The molecule has 8 nitrogen and oxygen atoms in total. The van der Waals surface area contributed by atoms with Gasteiger partial charge in [-0.3, -0.25) is 14.5 Å². The number of halogens is 4. The van der Waals surface area contributed by atoms with Gasteiger partial charge in [-0.15, -0.1) is 0 Å². The molecule has 0 bridgehead atoms. The number of aromatic nitrogens is 3. The van der Waals surface area contributed by atoms with E-state index >= 15 is 0 Å². The van der Waals surface area contributed by atoms with Gasteiger partial charge in [0.1, 0.15) is 17.3 Å². The molecule has 1 aromatic carbocycles. The largest absolute Gasteiger partial charge is 0.438 e. The minimum absolute atomic E-state index is 0.102. The summed E-state index contributed by atoms with van der Waals surface area (Å²) in [6.45, 7) is 3.28. The molecule has 0 radical (unpaired) electrons. The first-order valence-electron chi connectivity index (χ1n) is 9.62. The van der Waals surface area contributed by atoms with Gasteiger partial charge in [-0.1, -0.05) is 30.6 Å². The Morgan fingerprint density at radius 3 is 2.48 bits per heavy atom. The number of amides is 2. The molecule has 0 saturated carbocycles. The number of pyridine rings is 1. The maximum Gasteiger partial charge on any atom is 0.417 e. The van der Waals surface area contributed by atoms with Crippen molar-refractivity contribution in [3.63, 3.8) is 0 Å². The zero-order valence-electron chi connectivity index (χ0n) is 17.3. The highest BCUT2D eigenvalue weighted by molar-refractivity contribution is 6.31. The van der Waals surface area contributed by atoms with Crippen molar-refractivity contribution in [1.29, 1.82) is 0 Å². The second-order valence-electron chi connectivity index (χ2n) is 7.99. The van der Waals surface area contributed by atoms with Gasteiger partial charge in [0.25, 0.3) is 0 Å². The van der Waals surface area contributed by atoms with Crippen LogP contribution in [0.25, 0.3) is 11.4 Å². The molecule has 1 aliphatic heterocycles. The number of likely N-dealkylation sites (tertiary alicyclic amines) is 1. The number of alkyl halides is 3. The Kier molecular flexibility index (Phi) is 5.61. The molecule has 1 fully saturated rings. The van der Waals surface area contributed by atoms with Crippen LogP contribution in [0.2, 0.25) is 5.02 Å². The van der Waals surface area contributed by atoms with Crippen molar-refractivity contribution in [2.45, 2.75) is 33.0 Å². The number of carbonyl (C=O) groups excluding carboxylic acids is 2. The lowest BCUT2D eigenvalue weighted by Gasteiger charge is -2.15. The van der Waals surface area contributed by atoms with E-state index in [9.17, 15) is 22.8 Å². The second kappa shape index (κ2) is 8.14. The smallest absolute Gasteiger partial charge is 0.417 e. The summed E-state index contributed by atoms with van der Waals surface area (Å²) >= 11 is 5.85. The summed E-state index contributed by atoms with van der Waals surface area (Å²) in [7, 11) is 0. The molecular weight excluding hydrogens is 465 g/mol. The Hall–Kier alpha value is -3.47. The lowest BCUT2D eigenvalue weighted by Crippen LogP contribution is -2.32. The van der Waals surface area contributed by atoms with Gasteiger partial charge in [0, 0.05) is 18.2 Å². The fourth-order valence-corrected chi connectivity index (χ4v) is 3.40. The maximum atomic E-state index is 12.7. The van der Waals surface area contributed by atoms with Crippen molar-refractivity contribution in [2.24, 2.45) is 5.41 Å². The Balaban J connectivity index is 1.45. The Labute approximate surface area is 190 Å². The van der Waals surface area contributed by atoms with Crippen LogP contribution in [0.1, 0.15) is 31.7 Å². The van der Waals surface area contributed by atoms with Gasteiger partial charge in [0.15, 0.2) is 0 Å². The molecular formula is C21H16ClF3N4O4. The summed E-state index contributed by atoms with van der Waals surface area (Å²) in [5, 5.41) is 3.57. The van der Waals surface area contributed by atoms with Crippen molar-refractivity contribution < 1.29 is 32.0 Å². The third-order valence-corrected chi connectivity index (χ3v) is 5.21. The summed E-state index contributed by atoms with van der Waals surface area (Å²) in [5.41, 5.74) is -1.20. The molecule has 0 spiro atoms. The number of carbonyl (C=O) groups is 2. The van der Waals surface area contributed by atoms with E-state index in [0.717, 1.165) is 11.0 Å². The van der Waals surface area contributed by atoms with Gasteiger partial charge in [-0.05, 0) is 30.3 Å². The van der Waals surface area contributed by atoms with Crippen molar-refractivity contribution in [3.8, 4) is 23.0 Å². The molecule has 0 atom stereocenters. The number of nitrogens with zero attached hydrogens (tertiary/aromatic N) is 4. The summed E-state index contributed by atoms with van der Waals surface area (Å²) in [5.74, 6) is -0.189. The zero-order chi connectivity index (χ0) is 24.0. The van der Waals surface area contributed by atoms with E-state index in [1.54, 1.807) is 26.0 Å². The Morgan fingerprint density at radius 2 is 1.91 bits per heavy atom. The van der Waals surface area contributed by atoms with Crippen LogP contribution in [0.4, 0.5) is 13.2 Å². The van der Waals surface area contributed by atoms with E-state index < -0.39 is 17.2 Å². The van der Waals surface area contributed by atoms with Crippen molar-refractivity contribution >= 4 is 23.4 Å². The fraction of sp³-hybridized carbons (Fsp3) is 0.286. The highest BCUT2D eigenvalue weighted by atomic mass is 35.5. The van der Waals surface area contributed by atoms with Crippen LogP contribution in [0.15, 0.2) is 41.1 Å². The van der Waals surface area contributed by atoms with E-state index in [0.29, 0.717) is 11.8 Å². The van der Waals surface area contributed by atoms with Gasteiger partial charge in [-0.2, -0.15) is 18.2 Å². The molecule has 0 aliphatic carbocycles. The molecule has 1 aliphatic rings. The second-order valence-corrected chi connectivity index (χ2v) is 8.40. The molecule has 0 unspecified atom stereocenters. The summed E-state index contributed by atoms with van der Waals surface area (Å²) < 4.78 is 48.8. The predicted molar refractivity (Wildman–Crippen MR) is 108 cm³/mol. The molecule has 2 aromatic heterocycles. The molecule has 0 N–H and O–H groups in total. The molecule has 172 valence electrons. The van der Waals surface area contributed by atoms with Gasteiger partial charge in [0.05, 0.1) is 11.0 Å². The molecule has 3 heterocycles. The van der Waals surface area contributed by atoms with Crippen molar-refractivity contribution in [2.75, 3.05) is 0 Å². The van der Waals surface area contributed by atoms with Crippen molar-refractivity contribution in [1.82, 2.24) is 20.0 Å². The van der Waals surface area contributed by atoms with Gasteiger partial charge in [-0.25, -0.2) is 4.98 Å². The van der Waals surface area contributed by atoms with E-state index in [2.05, 4.69) is 15.1 Å². The first kappa shape index (κ1) is 22.7. The minimum atomic E-state index is -4.56. The topological polar surface area (TPSA) is 98.4 Å². The number of benzene rings is 1. The highest BCUT2D eigenvalue weighted by Gasteiger charge is 2.45. The zero-order valence-corrected chi connectivity index (χ0v) is 18.1. The van der Waals surface area contributed by atoms with Crippen LogP contribution in [0.3, 0.4) is 0 Å². The number of ether oxygens (including phenoxy) is 1. The van der Waals surface area contributed by atoms with Crippen LogP contribution >= 0.6 is 11.6 Å². The lowest BCUT2D eigenvalue weighted by atomic mass is 9.92. The van der Waals surface area contributed by atoms with Crippen molar-refractivity contribution in [3.05, 3.63) is 53.0 Å². The summed E-state index contributed by atoms with van der Waals surface area (Å²) in [6.07, 6.45) is -3.81. The summed E-state index contributed by atoms with van der Waals surface area (Å²) in [4.78, 5) is 33.4. The lowest BCUT2D eigenvalue weighted by molar-refractivity contribution is -0.142. The molecule has 1 saturated heterocycles. The minimum Gasteiger partial charge on any atom is -0.438 e. The van der Waals surface area contributed by atoms with E-state index in [1.165, 1.54) is 12.1 Å². The average molecular weight is 481 g/mol. The number of hydrogen-bond acceptors (Lipinski definition) is 7. The monoisotopic (exact) mass is 480 g/mol. The van der Waals surface area contributed by atoms with Gasteiger partial charge < -0.3 is 9.26 Å². The molecule has 12 heteroatoms. The first-order chi connectivity index (χ1) is 15.4. The SMILES string of the molecule is CC1(C)CC(=O)N(Cc2nc(-c3ccc(Oc4ncc(C(F)(F)F)cc4Cl)cc3)no2)C1=O. The highest BCUT2D eigenvalue weighted by Crippen LogP contribution is 2.35. The molecule has 4 rings (SSSR count). The third-order valence-electron chi connectivity index (χ3n) is 4.94. The maximum absolute atomic E-state index is 12.7. The number of rotatable bonds is 5. The molecule has 2 amide bonds. The van der Waals surface area contributed by atoms with E-state index in [4.69, 9.17) is 20.9 Å². The van der Waals surface area contributed by atoms with E-state index in [1.807, 2.05) is 0 Å². The van der Waals surface area contributed by atoms with Gasteiger partial charge in [0.2, 0.25) is 29.4 Å². The standard InChI is InChI=1S/C21H16ClF3N4O4/c1-20(2)8-16(30)29(19(20)31)10-15-27-17(28-33-15)11-3-5-13(6-4-11)32-18-14(22)7-12(9-26-18)21(23,24)25/h3-7,9H,8,10H2,1-2H3. The van der Waals surface area contributed by atoms with Crippen LogP contribution in [0, 0.1) is 5.41 Å². The third kappa shape index (κ3) is 4.68. The van der Waals surface area contributed by atoms with E-state index in [-0.39, 0.29) is 53.1 Å². The van der Waals surface area contributed by atoms with Gasteiger partial charge >= 0.3 is 6.18 Å². The average Bonchev–Trinajstić information content (AvgIpc) is 3.27. The molecule has 3 aromatic rings. The quantitative estimate of drug-likeness (QED) is 0.480. The summed E-state index contributed by atoms with van der Waals surface area (Å²) in [6, 6.07) is 6.97. The Morgan fingerprint density at radius 1 is 1.21 bits per heavy atom.